The maximum absolute atomic E-state index is 12.5. The second-order valence-electron chi connectivity index (χ2n) is 7.10. The van der Waals surface area contributed by atoms with E-state index in [2.05, 4.69) is 21.2 Å². The van der Waals surface area contributed by atoms with Crippen molar-refractivity contribution in [3.8, 4) is 0 Å². The maximum Gasteiger partial charge on any atom is 0.223 e. The molecule has 3 heterocycles. The molecule has 6 nitrogen and oxygen atoms in total. The molecule has 0 aromatic carbocycles. The largest absolute Gasteiger partial charge is 0.425 e. The molecule has 0 aliphatic carbocycles. The molecule has 134 valence electrons. The number of carbonyl (C=O) groups excluding carboxylic acids is 1. The zero-order chi connectivity index (χ0) is 17.6. The molecule has 1 aliphatic rings. The molecule has 2 aromatic heterocycles. The first-order valence-electron chi connectivity index (χ1n) is 9.10. The number of likely N-dealkylation sites (tertiary alicyclic amines) is 1. The van der Waals surface area contributed by atoms with Crippen molar-refractivity contribution in [1.29, 1.82) is 0 Å². The first-order chi connectivity index (χ1) is 12.1. The Kier molecular flexibility index (Phi) is 5.79. The molecule has 2 aromatic rings. The highest BCUT2D eigenvalue weighted by molar-refractivity contribution is 5.76. The first kappa shape index (κ1) is 17.6. The molecule has 0 saturated carbocycles. The third-order valence-corrected chi connectivity index (χ3v) is 4.65. The van der Waals surface area contributed by atoms with Gasteiger partial charge in [-0.25, -0.2) is 0 Å². The lowest BCUT2D eigenvalue weighted by Crippen LogP contribution is -2.40. The van der Waals surface area contributed by atoms with Gasteiger partial charge in [0.1, 0.15) is 0 Å². The Balaban J connectivity index is 1.49. The van der Waals surface area contributed by atoms with Crippen molar-refractivity contribution < 1.29 is 9.21 Å². The maximum atomic E-state index is 12.5. The summed E-state index contributed by atoms with van der Waals surface area (Å²) in [4.78, 5) is 18.7. The van der Waals surface area contributed by atoms with Crippen LogP contribution in [0.2, 0.25) is 0 Å². The number of aromatic nitrogens is 3. The average molecular weight is 342 g/mol. The minimum absolute atomic E-state index is 0.181. The lowest BCUT2D eigenvalue weighted by molar-refractivity contribution is -0.133. The van der Waals surface area contributed by atoms with Crippen molar-refractivity contribution in [2.75, 3.05) is 13.1 Å². The molecule has 1 fully saturated rings. The predicted octanol–water partition coefficient (Wildman–Crippen LogP) is 3.00. The summed E-state index contributed by atoms with van der Waals surface area (Å²) in [5, 5.41) is 8.05. The minimum atomic E-state index is 0.181. The summed E-state index contributed by atoms with van der Waals surface area (Å²) >= 11 is 0. The highest BCUT2D eigenvalue weighted by atomic mass is 16.4. The fraction of sp³-hybridized carbons (Fsp3) is 0.579. The Hall–Kier alpha value is -2.24. The Morgan fingerprint density at radius 1 is 1.40 bits per heavy atom. The summed E-state index contributed by atoms with van der Waals surface area (Å²) in [5.74, 6) is 2.10. The van der Waals surface area contributed by atoms with E-state index in [1.165, 1.54) is 12.0 Å². The van der Waals surface area contributed by atoms with Gasteiger partial charge in [-0.15, -0.1) is 10.2 Å². The third kappa shape index (κ3) is 4.87. The van der Waals surface area contributed by atoms with Crippen LogP contribution in [0.3, 0.4) is 0 Å². The topological polar surface area (TPSA) is 72.1 Å². The molecule has 6 heteroatoms. The van der Waals surface area contributed by atoms with Crippen molar-refractivity contribution in [2.24, 2.45) is 5.92 Å². The van der Waals surface area contributed by atoms with E-state index in [0.29, 0.717) is 30.5 Å². The van der Waals surface area contributed by atoms with Crippen molar-refractivity contribution in [1.82, 2.24) is 20.1 Å². The van der Waals surface area contributed by atoms with E-state index in [1.807, 2.05) is 31.0 Å². The highest BCUT2D eigenvalue weighted by Crippen LogP contribution is 2.21. The summed E-state index contributed by atoms with van der Waals surface area (Å²) in [6.45, 7) is 5.70. The van der Waals surface area contributed by atoms with Gasteiger partial charge in [0.05, 0.1) is 0 Å². The number of rotatable bonds is 6. The molecule has 25 heavy (non-hydrogen) atoms. The van der Waals surface area contributed by atoms with Gasteiger partial charge >= 0.3 is 0 Å². The highest BCUT2D eigenvalue weighted by Gasteiger charge is 2.24. The standard InChI is InChI=1S/C19H26N4O2/c1-14(2)19-22-21-17(25-19)7-8-18(24)23-10-4-6-16(13-23)11-15-5-3-9-20-12-15/h3,5,9,12,14,16H,4,6-8,10-11,13H2,1-2H3/t16-/m0/s1. The van der Waals surface area contributed by atoms with Gasteiger partial charge in [0.2, 0.25) is 17.7 Å². The number of hydrogen-bond acceptors (Lipinski definition) is 5. The van der Waals surface area contributed by atoms with Gasteiger partial charge in [0.15, 0.2) is 0 Å². The molecular weight excluding hydrogens is 316 g/mol. The van der Waals surface area contributed by atoms with E-state index in [-0.39, 0.29) is 11.8 Å². The van der Waals surface area contributed by atoms with E-state index in [4.69, 9.17) is 4.42 Å². The van der Waals surface area contributed by atoms with Gasteiger partial charge in [-0.3, -0.25) is 9.78 Å². The number of piperidine rings is 1. The van der Waals surface area contributed by atoms with Crippen LogP contribution in [0.4, 0.5) is 0 Å². The molecule has 0 spiro atoms. The number of hydrogen-bond donors (Lipinski definition) is 0. The normalized spacial score (nSPS) is 17.9. The van der Waals surface area contributed by atoms with Crippen LogP contribution in [0.25, 0.3) is 0 Å². The van der Waals surface area contributed by atoms with Crippen LogP contribution in [-0.4, -0.2) is 39.1 Å². The fourth-order valence-electron chi connectivity index (χ4n) is 3.28. The van der Waals surface area contributed by atoms with Crippen LogP contribution in [-0.2, 0) is 17.6 Å². The summed E-state index contributed by atoms with van der Waals surface area (Å²) in [6, 6.07) is 4.08. The first-order valence-corrected chi connectivity index (χ1v) is 9.10. The van der Waals surface area contributed by atoms with E-state index in [0.717, 1.165) is 25.9 Å². The van der Waals surface area contributed by atoms with E-state index >= 15 is 0 Å². The monoisotopic (exact) mass is 342 g/mol. The third-order valence-electron chi connectivity index (χ3n) is 4.65. The number of carbonyl (C=O) groups is 1. The Morgan fingerprint density at radius 2 is 2.28 bits per heavy atom. The van der Waals surface area contributed by atoms with Crippen LogP contribution in [0, 0.1) is 5.92 Å². The van der Waals surface area contributed by atoms with Crippen molar-refractivity contribution in [3.63, 3.8) is 0 Å². The van der Waals surface area contributed by atoms with Crippen molar-refractivity contribution >= 4 is 5.91 Å². The Labute approximate surface area is 148 Å². The average Bonchev–Trinajstić information content (AvgIpc) is 3.10. The van der Waals surface area contributed by atoms with Gasteiger partial charge < -0.3 is 9.32 Å². The summed E-state index contributed by atoms with van der Waals surface area (Å²) in [7, 11) is 0. The van der Waals surface area contributed by atoms with Crippen LogP contribution in [0.5, 0.6) is 0 Å². The smallest absolute Gasteiger partial charge is 0.223 e. The fourth-order valence-corrected chi connectivity index (χ4v) is 3.28. The van der Waals surface area contributed by atoms with E-state index in [9.17, 15) is 4.79 Å². The van der Waals surface area contributed by atoms with Crippen LogP contribution in [0.1, 0.15) is 56.4 Å². The molecular formula is C19H26N4O2. The number of aryl methyl sites for hydroxylation is 1. The Bertz CT molecular complexity index is 684. The lowest BCUT2D eigenvalue weighted by Gasteiger charge is -2.33. The van der Waals surface area contributed by atoms with Crippen molar-refractivity contribution in [2.45, 2.75) is 51.9 Å². The van der Waals surface area contributed by atoms with Gasteiger partial charge in [0, 0.05) is 44.2 Å². The van der Waals surface area contributed by atoms with E-state index in [1.54, 1.807) is 6.20 Å². The quantitative estimate of drug-likeness (QED) is 0.807. The van der Waals surface area contributed by atoms with Crippen LogP contribution >= 0.6 is 0 Å². The summed E-state index contributed by atoms with van der Waals surface area (Å²) < 4.78 is 5.58. The number of nitrogens with zero attached hydrogens (tertiary/aromatic N) is 4. The SMILES string of the molecule is CC(C)c1nnc(CCC(=O)N2CCC[C@@H](Cc3cccnc3)C2)o1. The Morgan fingerprint density at radius 3 is 3.00 bits per heavy atom. The second-order valence-corrected chi connectivity index (χ2v) is 7.10. The molecule has 0 radical (unpaired) electrons. The molecule has 1 amide bonds. The summed E-state index contributed by atoms with van der Waals surface area (Å²) in [6.07, 6.45) is 7.88. The molecule has 0 bridgehead atoms. The predicted molar refractivity (Wildman–Crippen MR) is 94.0 cm³/mol. The summed E-state index contributed by atoms with van der Waals surface area (Å²) in [5.41, 5.74) is 1.24. The second kappa shape index (κ2) is 8.23. The van der Waals surface area contributed by atoms with Gasteiger partial charge in [0.25, 0.3) is 0 Å². The minimum Gasteiger partial charge on any atom is -0.425 e. The van der Waals surface area contributed by atoms with Gasteiger partial charge in [-0.2, -0.15) is 0 Å². The lowest BCUT2D eigenvalue weighted by atomic mass is 9.91. The number of amides is 1. The number of pyridine rings is 1. The molecule has 0 N–H and O–H groups in total. The molecule has 1 aliphatic heterocycles. The van der Waals surface area contributed by atoms with E-state index < -0.39 is 0 Å². The zero-order valence-corrected chi connectivity index (χ0v) is 15.0. The zero-order valence-electron chi connectivity index (χ0n) is 15.0. The molecule has 1 saturated heterocycles. The van der Waals surface area contributed by atoms with Gasteiger partial charge in [-0.05, 0) is 36.8 Å². The molecule has 0 unspecified atom stereocenters. The molecule has 3 rings (SSSR count). The molecule has 1 atom stereocenters. The van der Waals surface area contributed by atoms with Crippen LogP contribution in [0.15, 0.2) is 28.9 Å². The van der Waals surface area contributed by atoms with Crippen molar-refractivity contribution in [3.05, 3.63) is 41.9 Å². The van der Waals surface area contributed by atoms with Gasteiger partial charge in [-0.1, -0.05) is 19.9 Å². The van der Waals surface area contributed by atoms with Crippen LogP contribution < -0.4 is 0 Å².